The fraction of sp³-hybridized carbons (Fsp3) is 0.250. The van der Waals surface area contributed by atoms with Gasteiger partial charge in [-0.3, -0.25) is 0 Å². The molecule has 2 nitrogen and oxygen atoms in total. The molecule has 0 aromatic heterocycles. The molecule has 0 amide bonds. The molecule has 0 heterocycles. The topological polar surface area (TPSA) is 35.8 Å². The molecule has 0 unspecified atom stereocenters. The average molecular weight is 114 g/mol. The Kier molecular flexibility index (Phi) is 4.90. The lowest BCUT2D eigenvalue weighted by molar-refractivity contribution is 1.11. The van der Waals surface area contributed by atoms with Crippen LogP contribution in [0.2, 0.25) is 0 Å². The number of thiocyanates is 1. The zero-order chi connectivity index (χ0) is 5.54. The lowest BCUT2D eigenvalue weighted by Crippen LogP contribution is -1.89. The SMILES string of the molecule is CN/C=C/SC#N. The zero-order valence-electron chi connectivity index (χ0n) is 4.01. The molecule has 0 saturated carbocycles. The van der Waals surface area contributed by atoms with Gasteiger partial charge in [0, 0.05) is 18.7 Å². The molecular formula is C4H6N2S. The number of thioether (sulfide) groups is 1. The van der Waals surface area contributed by atoms with Gasteiger partial charge >= 0.3 is 0 Å². The molecule has 38 valence electrons. The Bertz CT molecular complexity index is 92.4. The number of nitrogens with one attached hydrogen (secondary N) is 1. The fourth-order valence-corrected chi connectivity index (χ4v) is 0.397. The van der Waals surface area contributed by atoms with Crippen LogP contribution in [0.5, 0.6) is 0 Å². The molecule has 0 aliphatic heterocycles. The predicted octanol–water partition coefficient (Wildman–Crippen LogP) is 0.891. The van der Waals surface area contributed by atoms with Crippen molar-refractivity contribution < 1.29 is 0 Å². The van der Waals surface area contributed by atoms with Gasteiger partial charge in [-0.25, -0.2) is 0 Å². The van der Waals surface area contributed by atoms with Crippen molar-refractivity contribution >= 4 is 11.8 Å². The van der Waals surface area contributed by atoms with Crippen molar-refractivity contribution in [3.8, 4) is 5.40 Å². The van der Waals surface area contributed by atoms with Crippen LogP contribution in [0, 0.1) is 10.7 Å². The molecule has 0 aliphatic carbocycles. The molecule has 0 rings (SSSR count). The van der Waals surface area contributed by atoms with Gasteiger partial charge in [0.2, 0.25) is 0 Å². The zero-order valence-corrected chi connectivity index (χ0v) is 4.83. The Morgan fingerprint density at radius 1 is 1.86 bits per heavy atom. The van der Waals surface area contributed by atoms with E-state index in [9.17, 15) is 0 Å². The van der Waals surface area contributed by atoms with E-state index in [0.717, 1.165) is 11.8 Å². The first-order chi connectivity index (χ1) is 3.41. The third kappa shape index (κ3) is 5.38. The highest BCUT2D eigenvalue weighted by Gasteiger charge is 1.65. The van der Waals surface area contributed by atoms with Gasteiger partial charge in [0.1, 0.15) is 5.40 Å². The second-order valence-electron chi connectivity index (χ2n) is 0.801. The minimum atomic E-state index is 1.10. The number of nitriles is 1. The predicted molar refractivity (Wildman–Crippen MR) is 31.4 cm³/mol. The molecule has 0 spiro atoms. The molecule has 0 aromatic carbocycles. The summed E-state index contributed by atoms with van der Waals surface area (Å²) in [5.74, 6) is 0. The Morgan fingerprint density at radius 3 is 3.00 bits per heavy atom. The van der Waals surface area contributed by atoms with E-state index in [1.54, 1.807) is 18.7 Å². The lowest BCUT2D eigenvalue weighted by atomic mass is 11.0. The Hall–Kier alpha value is -0.620. The quantitative estimate of drug-likeness (QED) is 0.541. The van der Waals surface area contributed by atoms with E-state index >= 15 is 0 Å². The maximum absolute atomic E-state index is 7.93. The summed E-state index contributed by atoms with van der Waals surface area (Å²) in [5.41, 5.74) is 0. The van der Waals surface area contributed by atoms with Crippen molar-refractivity contribution in [1.29, 1.82) is 5.26 Å². The number of hydrogen-bond acceptors (Lipinski definition) is 3. The standard InChI is InChI=1S/C4H6N2S/c1-6-2-3-7-4-5/h2-3,6H,1H3/b3-2+. The van der Waals surface area contributed by atoms with Crippen molar-refractivity contribution in [2.75, 3.05) is 7.05 Å². The monoisotopic (exact) mass is 114 g/mol. The van der Waals surface area contributed by atoms with Crippen molar-refractivity contribution in [2.24, 2.45) is 0 Å². The van der Waals surface area contributed by atoms with E-state index in [4.69, 9.17) is 5.26 Å². The molecule has 1 N–H and O–H groups in total. The summed E-state index contributed by atoms with van der Waals surface area (Å²) in [6, 6.07) is 0. The molecular weight excluding hydrogens is 108 g/mol. The largest absolute Gasteiger partial charge is 0.394 e. The highest BCUT2D eigenvalue weighted by Crippen LogP contribution is 1.93. The Labute approximate surface area is 47.2 Å². The fourth-order valence-electron chi connectivity index (χ4n) is 0.132. The van der Waals surface area contributed by atoms with Crippen LogP contribution < -0.4 is 5.32 Å². The van der Waals surface area contributed by atoms with Gasteiger partial charge in [0.15, 0.2) is 0 Å². The molecule has 7 heavy (non-hydrogen) atoms. The lowest BCUT2D eigenvalue weighted by Gasteiger charge is -1.77. The maximum atomic E-state index is 7.93. The first-order valence-corrected chi connectivity index (χ1v) is 2.67. The van der Waals surface area contributed by atoms with Crippen LogP contribution in [-0.2, 0) is 0 Å². The summed E-state index contributed by atoms with van der Waals surface area (Å²) in [5, 5.41) is 14.2. The Balaban J connectivity index is 2.97. The molecule has 3 heteroatoms. The molecule has 0 aromatic rings. The Morgan fingerprint density at radius 2 is 2.57 bits per heavy atom. The third-order valence-corrected chi connectivity index (χ3v) is 0.733. The average Bonchev–Trinajstić information content (AvgIpc) is 1.69. The highest BCUT2D eigenvalue weighted by atomic mass is 32.2. The van der Waals surface area contributed by atoms with Crippen LogP contribution in [0.25, 0.3) is 0 Å². The maximum Gasteiger partial charge on any atom is 0.138 e. The van der Waals surface area contributed by atoms with E-state index in [-0.39, 0.29) is 0 Å². The van der Waals surface area contributed by atoms with Crippen LogP contribution >= 0.6 is 11.8 Å². The minimum absolute atomic E-state index is 1.10. The van der Waals surface area contributed by atoms with E-state index in [0.29, 0.717) is 0 Å². The summed E-state index contributed by atoms with van der Waals surface area (Å²) in [7, 11) is 1.79. The van der Waals surface area contributed by atoms with Crippen LogP contribution in [0.3, 0.4) is 0 Å². The summed E-state index contributed by atoms with van der Waals surface area (Å²) in [4.78, 5) is 0. The van der Waals surface area contributed by atoms with Crippen molar-refractivity contribution in [2.45, 2.75) is 0 Å². The second-order valence-corrected chi connectivity index (χ2v) is 1.49. The van der Waals surface area contributed by atoms with Gasteiger partial charge < -0.3 is 5.32 Å². The van der Waals surface area contributed by atoms with Crippen LogP contribution in [0.1, 0.15) is 0 Å². The molecule has 0 saturated heterocycles. The number of rotatable bonds is 2. The van der Waals surface area contributed by atoms with Crippen molar-refractivity contribution in [3.63, 3.8) is 0 Å². The number of nitrogens with zero attached hydrogens (tertiary/aromatic N) is 1. The second kappa shape index (κ2) is 5.38. The molecule has 0 aliphatic rings. The normalized spacial score (nSPS) is 8.57. The summed E-state index contributed by atoms with van der Waals surface area (Å²) >= 11 is 1.10. The van der Waals surface area contributed by atoms with E-state index < -0.39 is 0 Å². The molecule has 0 bridgehead atoms. The summed E-state index contributed by atoms with van der Waals surface area (Å²) in [6.07, 6.45) is 1.70. The van der Waals surface area contributed by atoms with Crippen LogP contribution in [0.4, 0.5) is 0 Å². The van der Waals surface area contributed by atoms with Crippen molar-refractivity contribution in [1.82, 2.24) is 5.32 Å². The van der Waals surface area contributed by atoms with Gasteiger partial charge in [-0.1, -0.05) is 0 Å². The minimum Gasteiger partial charge on any atom is -0.394 e. The third-order valence-electron chi connectivity index (χ3n) is 0.355. The molecule has 0 radical (unpaired) electrons. The molecule has 0 fully saturated rings. The van der Waals surface area contributed by atoms with Crippen molar-refractivity contribution in [3.05, 3.63) is 11.6 Å². The van der Waals surface area contributed by atoms with Gasteiger partial charge in [-0.15, -0.1) is 0 Å². The van der Waals surface area contributed by atoms with Gasteiger partial charge in [0.25, 0.3) is 0 Å². The van der Waals surface area contributed by atoms with E-state index in [1.165, 1.54) is 0 Å². The first kappa shape index (κ1) is 6.38. The number of hydrogen-bond donors (Lipinski definition) is 1. The van der Waals surface area contributed by atoms with Gasteiger partial charge in [0.05, 0.1) is 0 Å². The molecule has 0 atom stereocenters. The smallest absolute Gasteiger partial charge is 0.138 e. The first-order valence-electron chi connectivity index (χ1n) is 1.79. The van der Waals surface area contributed by atoms with Crippen LogP contribution in [0.15, 0.2) is 11.6 Å². The van der Waals surface area contributed by atoms with Gasteiger partial charge in [-0.2, -0.15) is 5.26 Å². The summed E-state index contributed by atoms with van der Waals surface area (Å²) < 4.78 is 0. The van der Waals surface area contributed by atoms with Crippen LogP contribution in [-0.4, -0.2) is 7.05 Å². The van der Waals surface area contributed by atoms with E-state index in [1.807, 2.05) is 5.40 Å². The van der Waals surface area contributed by atoms with E-state index in [2.05, 4.69) is 5.32 Å². The highest BCUT2D eigenvalue weighted by molar-refractivity contribution is 8.06. The summed E-state index contributed by atoms with van der Waals surface area (Å²) in [6.45, 7) is 0. The van der Waals surface area contributed by atoms with Gasteiger partial charge in [-0.05, 0) is 11.8 Å².